The monoisotopic (exact) mass is 289 g/mol. The van der Waals surface area contributed by atoms with Gasteiger partial charge in [0.25, 0.3) is 0 Å². The molecule has 1 aliphatic rings. The third-order valence-corrected chi connectivity index (χ3v) is 3.40. The van der Waals surface area contributed by atoms with Crippen molar-refractivity contribution in [2.45, 2.75) is 20.1 Å². The second-order valence-electron chi connectivity index (χ2n) is 5.03. The molecular weight excluding hydrogens is 270 g/mol. The largest absolute Gasteiger partial charge is 0.487 e. The first-order chi connectivity index (χ1) is 10.2. The molecule has 3 rings (SSSR count). The Kier molecular flexibility index (Phi) is 3.70. The van der Waals surface area contributed by atoms with Crippen molar-refractivity contribution >= 4 is 0 Å². The average Bonchev–Trinajstić information content (AvgIpc) is 3.02. The molecule has 1 N–H and O–H groups in total. The summed E-state index contributed by atoms with van der Waals surface area (Å²) >= 11 is 0. The highest BCUT2D eigenvalue weighted by Crippen LogP contribution is 2.38. The van der Waals surface area contributed by atoms with Crippen LogP contribution < -0.4 is 19.5 Å². The highest BCUT2D eigenvalue weighted by molar-refractivity contribution is 5.51. The van der Waals surface area contributed by atoms with Gasteiger partial charge in [0.15, 0.2) is 11.5 Å². The molecule has 0 amide bonds. The molecule has 21 heavy (non-hydrogen) atoms. The van der Waals surface area contributed by atoms with Crippen LogP contribution in [-0.4, -0.2) is 23.6 Å². The first kappa shape index (κ1) is 13.8. The number of fused-ring (bicyclic) bond motifs is 1. The Balaban J connectivity index is 1.82. The maximum atomic E-state index is 5.96. The summed E-state index contributed by atoms with van der Waals surface area (Å²) in [4.78, 5) is 0. The van der Waals surface area contributed by atoms with Crippen LogP contribution in [0.2, 0.25) is 0 Å². The summed E-state index contributed by atoms with van der Waals surface area (Å²) in [5.74, 6) is 2.29. The Bertz CT molecular complexity index is 652. The van der Waals surface area contributed by atoms with E-state index in [4.69, 9.17) is 14.2 Å². The number of ether oxygens (including phenoxy) is 3. The van der Waals surface area contributed by atoms with E-state index in [-0.39, 0.29) is 6.79 Å². The van der Waals surface area contributed by atoms with Crippen LogP contribution in [-0.2, 0) is 20.2 Å². The summed E-state index contributed by atoms with van der Waals surface area (Å²) in [6, 6.07) is 5.87. The van der Waals surface area contributed by atoms with E-state index in [1.807, 2.05) is 43.9 Å². The van der Waals surface area contributed by atoms with Crippen LogP contribution in [0.25, 0.3) is 0 Å². The SMILES string of the molecule is CNCc1cc2c(cc1OCc1cc(C)nn1C)OCO2. The topological polar surface area (TPSA) is 57.5 Å². The van der Waals surface area contributed by atoms with Crippen molar-refractivity contribution < 1.29 is 14.2 Å². The van der Waals surface area contributed by atoms with Gasteiger partial charge in [-0.05, 0) is 26.1 Å². The van der Waals surface area contributed by atoms with E-state index in [9.17, 15) is 0 Å². The number of rotatable bonds is 5. The highest BCUT2D eigenvalue weighted by atomic mass is 16.7. The van der Waals surface area contributed by atoms with Gasteiger partial charge >= 0.3 is 0 Å². The summed E-state index contributed by atoms with van der Waals surface area (Å²) in [5.41, 5.74) is 3.05. The van der Waals surface area contributed by atoms with Crippen molar-refractivity contribution in [2.75, 3.05) is 13.8 Å². The number of benzene rings is 1. The molecule has 1 aromatic heterocycles. The van der Waals surface area contributed by atoms with Crippen molar-refractivity contribution in [3.05, 3.63) is 35.2 Å². The molecule has 0 fully saturated rings. The number of aryl methyl sites for hydroxylation is 2. The minimum atomic E-state index is 0.263. The zero-order chi connectivity index (χ0) is 14.8. The second kappa shape index (κ2) is 5.65. The molecule has 6 nitrogen and oxygen atoms in total. The van der Waals surface area contributed by atoms with Crippen molar-refractivity contribution in [3.63, 3.8) is 0 Å². The molecular formula is C15H19N3O3. The zero-order valence-corrected chi connectivity index (χ0v) is 12.5. The summed E-state index contributed by atoms with van der Waals surface area (Å²) in [5, 5.41) is 7.45. The summed E-state index contributed by atoms with van der Waals surface area (Å²) in [7, 11) is 3.82. The lowest BCUT2D eigenvalue weighted by atomic mass is 10.1. The minimum absolute atomic E-state index is 0.263. The van der Waals surface area contributed by atoms with Gasteiger partial charge in [-0.2, -0.15) is 5.10 Å². The summed E-state index contributed by atoms with van der Waals surface area (Å²) in [6.07, 6.45) is 0. The highest BCUT2D eigenvalue weighted by Gasteiger charge is 2.18. The van der Waals surface area contributed by atoms with Crippen LogP contribution in [0.4, 0.5) is 0 Å². The second-order valence-corrected chi connectivity index (χ2v) is 5.03. The predicted octanol–water partition coefficient (Wildman–Crippen LogP) is 1.76. The van der Waals surface area contributed by atoms with Crippen molar-refractivity contribution in [3.8, 4) is 17.2 Å². The van der Waals surface area contributed by atoms with Crippen molar-refractivity contribution in [1.82, 2.24) is 15.1 Å². The van der Waals surface area contributed by atoms with Gasteiger partial charge in [-0.3, -0.25) is 4.68 Å². The third-order valence-electron chi connectivity index (χ3n) is 3.40. The van der Waals surface area contributed by atoms with Gasteiger partial charge in [0.2, 0.25) is 6.79 Å². The molecule has 0 bridgehead atoms. The number of hydrogen-bond acceptors (Lipinski definition) is 5. The smallest absolute Gasteiger partial charge is 0.231 e. The molecule has 0 unspecified atom stereocenters. The van der Waals surface area contributed by atoms with Gasteiger partial charge in [0.1, 0.15) is 12.4 Å². The lowest BCUT2D eigenvalue weighted by Crippen LogP contribution is -2.09. The van der Waals surface area contributed by atoms with Gasteiger partial charge < -0.3 is 19.5 Å². The van der Waals surface area contributed by atoms with E-state index in [0.29, 0.717) is 13.2 Å². The maximum absolute atomic E-state index is 5.96. The van der Waals surface area contributed by atoms with E-state index in [1.165, 1.54) is 0 Å². The van der Waals surface area contributed by atoms with Gasteiger partial charge in [0.05, 0.1) is 11.4 Å². The molecule has 2 aromatic rings. The van der Waals surface area contributed by atoms with Crippen LogP contribution in [0.3, 0.4) is 0 Å². The Hall–Kier alpha value is -2.21. The third kappa shape index (κ3) is 2.80. The van der Waals surface area contributed by atoms with Gasteiger partial charge in [-0.1, -0.05) is 0 Å². The van der Waals surface area contributed by atoms with Crippen LogP contribution in [0, 0.1) is 6.92 Å². The van der Waals surface area contributed by atoms with Gasteiger partial charge in [-0.15, -0.1) is 0 Å². The van der Waals surface area contributed by atoms with E-state index < -0.39 is 0 Å². The van der Waals surface area contributed by atoms with E-state index in [0.717, 1.165) is 34.2 Å². The molecule has 0 saturated carbocycles. The Morgan fingerprint density at radius 2 is 2.05 bits per heavy atom. The normalized spacial score (nSPS) is 12.7. The molecule has 1 aliphatic heterocycles. The van der Waals surface area contributed by atoms with Crippen LogP contribution in [0.1, 0.15) is 17.0 Å². The predicted molar refractivity (Wildman–Crippen MR) is 77.6 cm³/mol. The first-order valence-electron chi connectivity index (χ1n) is 6.87. The summed E-state index contributed by atoms with van der Waals surface area (Å²) in [6.45, 7) is 3.40. The molecule has 2 heterocycles. The Morgan fingerprint density at radius 3 is 2.71 bits per heavy atom. The van der Waals surface area contributed by atoms with Crippen LogP contribution >= 0.6 is 0 Å². The molecule has 1 aromatic carbocycles. The fourth-order valence-electron chi connectivity index (χ4n) is 2.38. The fourth-order valence-corrected chi connectivity index (χ4v) is 2.38. The minimum Gasteiger partial charge on any atom is -0.487 e. The van der Waals surface area contributed by atoms with Gasteiger partial charge in [-0.25, -0.2) is 0 Å². The lowest BCUT2D eigenvalue weighted by molar-refractivity contribution is 0.173. The van der Waals surface area contributed by atoms with Crippen molar-refractivity contribution in [2.24, 2.45) is 7.05 Å². The van der Waals surface area contributed by atoms with E-state index in [2.05, 4.69) is 10.4 Å². The molecule has 0 saturated heterocycles. The van der Waals surface area contributed by atoms with E-state index in [1.54, 1.807) is 0 Å². The molecule has 112 valence electrons. The average molecular weight is 289 g/mol. The molecule has 0 spiro atoms. The lowest BCUT2D eigenvalue weighted by Gasteiger charge is -2.12. The fraction of sp³-hybridized carbons (Fsp3) is 0.400. The quantitative estimate of drug-likeness (QED) is 0.909. The first-order valence-corrected chi connectivity index (χ1v) is 6.87. The van der Waals surface area contributed by atoms with E-state index >= 15 is 0 Å². The van der Waals surface area contributed by atoms with Crippen LogP contribution in [0.15, 0.2) is 18.2 Å². The Morgan fingerprint density at radius 1 is 1.29 bits per heavy atom. The van der Waals surface area contributed by atoms with Crippen molar-refractivity contribution in [1.29, 1.82) is 0 Å². The number of nitrogens with one attached hydrogen (secondary N) is 1. The molecule has 0 radical (unpaired) electrons. The maximum Gasteiger partial charge on any atom is 0.231 e. The molecule has 0 atom stereocenters. The number of hydrogen-bond donors (Lipinski definition) is 1. The Labute approximate surface area is 123 Å². The van der Waals surface area contributed by atoms with Gasteiger partial charge in [0, 0.05) is 25.2 Å². The standard InChI is InChI=1S/C15H19N3O3/c1-10-4-12(18(3)17-10)8-19-13-6-15-14(20-9-21-15)5-11(13)7-16-2/h4-6,16H,7-9H2,1-3H3. The summed E-state index contributed by atoms with van der Waals surface area (Å²) < 4.78 is 18.6. The number of aromatic nitrogens is 2. The number of nitrogens with zero attached hydrogens (tertiary/aromatic N) is 2. The molecule has 0 aliphatic carbocycles. The van der Waals surface area contributed by atoms with Crippen LogP contribution in [0.5, 0.6) is 17.2 Å². The zero-order valence-electron chi connectivity index (χ0n) is 12.5. The molecule has 6 heteroatoms.